The van der Waals surface area contributed by atoms with Crippen molar-refractivity contribution in [1.29, 1.82) is 0 Å². The molecule has 0 bridgehead atoms. The van der Waals surface area contributed by atoms with Crippen molar-refractivity contribution in [3.05, 3.63) is 16.1 Å². The van der Waals surface area contributed by atoms with Gasteiger partial charge in [-0.2, -0.15) is 0 Å². The van der Waals surface area contributed by atoms with Gasteiger partial charge in [-0.15, -0.1) is 35.3 Å². The lowest BCUT2D eigenvalue weighted by Gasteiger charge is -2.36. The van der Waals surface area contributed by atoms with Gasteiger partial charge in [0, 0.05) is 69.9 Å². The number of piperazine rings is 1. The number of aryl methyl sites for hydroxylation is 1. The van der Waals surface area contributed by atoms with Crippen LogP contribution in [0, 0.1) is 6.92 Å². The fraction of sp³-hybridized carbons (Fsp3) is 0.750. The molecule has 1 atom stereocenters. The van der Waals surface area contributed by atoms with E-state index in [9.17, 15) is 0 Å². The highest BCUT2D eigenvalue weighted by Gasteiger charge is 2.18. The zero-order valence-electron chi connectivity index (χ0n) is 15.2. The molecule has 0 spiro atoms. The molecule has 0 aromatic carbocycles. The molecule has 8 heteroatoms. The van der Waals surface area contributed by atoms with E-state index in [1.165, 1.54) is 9.88 Å². The first kappa shape index (κ1) is 21.6. The lowest BCUT2D eigenvalue weighted by Crippen LogP contribution is -2.52. The third-order valence-corrected chi connectivity index (χ3v) is 5.22. The molecule has 1 saturated heterocycles. The highest BCUT2D eigenvalue weighted by Crippen LogP contribution is 2.10. The normalized spacial score (nSPS) is 18.1. The number of hydrogen-bond donors (Lipinski definition) is 2. The summed E-state index contributed by atoms with van der Waals surface area (Å²) in [5.74, 6) is 0.874. The van der Waals surface area contributed by atoms with E-state index in [2.05, 4.69) is 51.3 Å². The van der Waals surface area contributed by atoms with Crippen LogP contribution in [0.25, 0.3) is 0 Å². The Morgan fingerprint density at radius 1 is 1.33 bits per heavy atom. The second-order valence-corrected chi connectivity index (χ2v) is 7.50. The number of halogens is 1. The summed E-state index contributed by atoms with van der Waals surface area (Å²) >= 11 is 1.76. The quantitative estimate of drug-likeness (QED) is 0.378. The second-order valence-electron chi connectivity index (χ2n) is 6.18. The van der Waals surface area contributed by atoms with E-state index >= 15 is 0 Å². The van der Waals surface area contributed by atoms with Gasteiger partial charge in [-0.05, 0) is 20.9 Å². The monoisotopic (exact) mass is 466 g/mol. The molecular formula is C16H31IN6S. The van der Waals surface area contributed by atoms with Gasteiger partial charge in [0.05, 0.1) is 5.01 Å². The molecule has 24 heavy (non-hydrogen) atoms. The Labute approximate surface area is 167 Å². The summed E-state index contributed by atoms with van der Waals surface area (Å²) in [5.41, 5.74) is 0. The SMILES string of the molecule is CN=C(NCCc1ncc(C)s1)NCC(C)N1CCN(C)CC1.I. The zero-order valence-corrected chi connectivity index (χ0v) is 18.4. The summed E-state index contributed by atoms with van der Waals surface area (Å²) < 4.78 is 0. The number of nitrogens with zero attached hydrogens (tertiary/aromatic N) is 4. The third kappa shape index (κ3) is 7.20. The molecule has 1 aliphatic rings. The van der Waals surface area contributed by atoms with Crippen molar-refractivity contribution in [2.24, 2.45) is 4.99 Å². The van der Waals surface area contributed by atoms with Crippen molar-refractivity contribution in [3.63, 3.8) is 0 Å². The van der Waals surface area contributed by atoms with Gasteiger partial charge < -0.3 is 15.5 Å². The van der Waals surface area contributed by atoms with Crippen molar-refractivity contribution >= 4 is 41.3 Å². The molecule has 6 nitrogen and oxygen atoms in total. The van der Waals surface area contributed by atoms with Crippen LogP contribution in [0.5, 0.6) is 0 Å². The number of nitrogens with one attached hydrogen (secondary N) is 2. The molecule has 2 N–H and O–H groups in total. The minimum absolute atomic E-state index is 0. The fourth-order valence-corrected chi connectivity index (χ4v) is 3.45. The molecule has 1 fully saturated rings. The summed E-state index contributed by atoms with van der Waals surface area (Å²) in [6.45, 7) is 10.8. The molecule has 2 heterocycles. The van der Waals surface area contributed by atoms with Crippen LogP contribution >= 0.6 is 35.3 Å². The molecular weight excluding hydrogens is 435 g/mol. The molecule has 0 aliphatic carbocycles. The van der Waals surface area contributed by atoms with Crippen molar-refractivity contribution in [2.75, 3.05) is 53.4 Å². The van der Waals surface area contributed by atoms with Crippen LogP contribution in [-0.2, 0) is 6.42 Å². The highest BCUT2D eigenvalue weighted by molar-refractivity contribution is 14.0. The largest absolute Gasteiger partial charge is 0.356 e. The average molecular weight is 466 g/mol. The highest BCUT2D eigenvalue weighted by atomic mass is 127. The van der Waals surface area contributed by atoms with Gasteiger partial charge in [0.1, 0.15) is 0 Å². The number of aliphatic imine (C=N–C) groups is 1. The van der Waals surface area contributed by atoms with Crippen molar-refractivity contribution in [1.82, 2.24) is 25.4 Å². The van der Waals surface area contributed by atoms with Crippen LogP contribution in [0.15, 0.2) is 11.2 Å². The summed E-state index contributed by atoms with van der Waals surface area (Å²) in [6.07, 6.45) is 2.87. The first-order valence-electron chi connectivity index (χ1n) is 8.37. The van der Waals surface area contributed by atoms with E-state index in [4.69, 9.17) is 0 Å². The van der Waals surface area contributed by atoms with Crippen molar-refractivity contribution in [3.8, 4) is 0 Å². The Hall–Kier alpha value is -0.450. The Morgan fingerprint density at radius 2 is 2.04 bits per heavy atom. The van der Waals surface area contributed by atoms with Crippen molar-refractivity contribution in [2.45, 2.75) is 26.3 Å². The number of likely N-dealkylation sites (N-methyl/N-ethyl adjacent to an activating group) is 1. The van der Waals surface area contributed by atoms with E-state index in [1.54, 1.807) is 11.3 Å². The summed E-state index contributed by atoms with van der Waals surface area (Å²) in [5, 5.41) is 7.98. The predicted molar refractivity (Wildman–Crippen MR) is 114 cm³/mol. The molecule has 1 unspecified atom stereocenters. The van der Waals surface area contributed by atoms with Crippen LogP contribution in [-0.4, -0.2) is 80.1 Å². The maximum Gasteiger partial charge on any atom is 0.191 e. The Balaban J connectivity index is 0.00000288. The molecule has 2 rings (SSSR count). The van der Waals surface area contributed by atoms with Crippen LogP contribution < -0.4 is 10.6 Å². The first-order chi connectivity index (χ1) is 11.1. The number of rotatable bonds is 6. The van der Waals surface area contributed by atoms with Crippen molar-refractivity contribution < 1.29 is 0 Å². The number of hydrogen-bond acceptors (Lipinski definition) is 5. The molecule has 0 radical (unpaired) electrons. The van der Waals surface area contributed by atoms with Crippen LogP contribution in [0.3, 0.4) is 0 Å². The average Bonchev–Trinajstić information content (AvgIpc) is 2.96. The first-order valence-corrected chi connectivity index (χ1v) is 9.18. The third-order valence-electron chi connectivity index (χ3n) is 4.25. The minimum atomic E-state index is 0. The van der Waals surface area contributed by atoms with E-state index < -0.39 is 0 Å². The maximum absolute atomic E-state index is 4.39. The Morgan fingerprint density at radius 3 is 2.62 bits per heavy atom. The van der Waals surface area contributed by atoms with Gasteiger partial charge in [-0.3, -0.25) is 9.89 Å². The van der Waals surface area contributed by atoms with E-state index in [-0.39, 0.29) is 24.0 Å². The van der Waals surface area contributed by atoms with Gasteiger partial charge in [0.15, 0.2) is 5.96 Å². The van der Waals surface area contributed by atoms with Crippen LogP contribution in [0.2, 0.25) is 0 Å². The summed E-state index contributed by atoms with van der Waals surface area (Å²) in [6, 6.07) is 0.517. The predicted octanol–water partition coefficient (Wildman–Crippen LogP) is 1.41. The van der Waals surface area contributed by atoms with E-state index in [0.29, 0.717) is 6.04 Å². The van der Waals surface area contributed by atoms with Gasteiger partial charge in [-0.1, -0.05) is 0 Å². The van der Waals surface area contributed by atoms with Gasteiger partial charge in [0.2, 0.25) is 0 Å². The number of aromatic nitrogens is 1. The van der Waals surface area contributed by atoms with Crippen LogP contribution in [0.4, 0.5) is 0 Å². The second kappa shape index (κ2) is 11.2. The van der Waals surface area contributed by atoms with Gasteiger partial charge in [-0.25, -0.2) is 4.98 Å². The smallest absolute Gasteiger partial charge is 0.191 e. The molecule has 1 aliphatic heterocycles. The van der Waals surface area contributed by atoms with Gasteiger partial charge >= 0.3 is 0 Å². The summed E-state index contributed by atoms with van der Waals surface area (Å²) in [7, 11) is 4.01. The van der Waals surface area contributed by atoms with E-state index in [0.717, 1.165) is 51.6 Å². The zero-order chi connectivity index (χ0) is 16.7. The lowest BCUT2D eigenvalue weighted by atomic mass is 10.2. The molecule has 1 aromatic rings. The Kier molecular flexibility index (Phi) is 10.1. The molecule has 0 saturated carbocycles. The Bertz CT molecular complexity index is 499. The molecule has 138 valence electrons. The maximum atomic E-state index is 4.39. The molecule has 1 aromatic heterocycles. The van der Waals surface area contributed by atoms with Crippen LogP contribution in [0.1, 0.15) is 16.8 Å². The standard InChI is InChI=1S/C16H30N6S.HI/c1-13(22-9-7-21(4)8-10-22)11-20-16(17-3)18-6-5-15-19-12-14(2)23-15;/h12-13H,5-11H2,1-4H3,(H2,17,18,20);1H. The topological polar surface area (TPSA) is 55.8 Å². The fourth-order valence-electron chi connectivity index (χ4n) is 2.66. The number of guanidine groups is 1. The molecule has 0 amide bonds. The lowest BCUT2D eigenvalue weighted by molar-refractivity contribution is 0.120. The van der Waals surface area contributed by atoms with E-state index in [1.807, 2.05) is 13.2 Å². The van der Waals surface area contributed by atoms with Gasteiger partial charge in [0.25, 0.3) is 0 Å². The summed E-state index contributed by atoms with van der Waals surface area (Å²) in [4.78, 5) is 14.9. The minimum Gasteiger partial charge on any atom is -0.356 e. The number of thiazole rings is 1.